The highest BCUT2D eigenvalue weighted by Crippen LogP contribution is 2.17. The molecule has 0 radical (unpaired) electrons. The van der Waals surface area contributed by atoms with E-state index in [4.69, 9.17) is 0 Å². The lowest BCUT2D eigenvalue weighted by Crippen LogP contribution is -2.62. The van der Waals surface area contributed by atoms with Crippen LogP contribution in [-0.4, -0.2) is 28.8 Å². The van der Waals surface area contributed by atoms with Crippen molar-refractivity contribution in [3.8, 4) is 0 Å². The maximum Gasteiger partial charge on any atom is 0.246 e. The van der Waals surface area contributed by atoms with E-state index in [0.29, 0.717) is 13.0 Å². The van der Waals surface area contributed by atoms with Crippen LogP contribution in [0.1, 0.15) is 18.1 Å². The zero-order chi connectivity index (χ0) is 16.2. The van der Waals surface area contributed by atoms with Gasteiger partial charge in [-0.3, -0.25) is 9.59 Å². The van der Waals surface area contributed by atoms with Gasteiger partial charge in [-0.25, -0.2) is 0 Å². The summed E-state index contributed by atoms with van der Waals surface area (Å²) in [4.78, 5) is 26.7. The van der Waals surface area contributed by atoms with Crippen LogP contribution in [0.15, 0.2) is 60.7 Å². The van der Waals surface area contributed by atoms with Gasteiger partial charge in [-0.05, 0) is 18.1 Å². The van der Waals surface area contributed by atoms with E-state index in [0.717, 1.165) is 11.1 Å². The van der Waals surface area contributed by atoms with Crippen LogP contribution in [-0.2, 0) is 22.6 Å². The molecule has 1 aliphatic rings. The van der Waals surface area contributed by atoms with Gasteiger partial charge in [0.2, 0.25) is 11.8 Å². The first-order chi connectivity index (χ1) is 11.1. The average molecular weight is 308 g/mol. The molecule has 0 bridgehead atoms. The molecule has 118 valence electrons. The second-order valence-corrected chi connectivity index (χ2v) is 5.88. The van der Waals surface area contributed by atoms with Crippen molar-refractivity contribution in [3.63, 3.8) is 0 Å². The van der Waals surface area contributed by atoms with Gasteiger partial charge >= 0.3 is 0 Å². The minimum atomic E-state index is -0.496. The first-order valence-electron chi connectivity index (χ1n) is 7.84. The molecule has 3 rings (SSSR count). The molecule has 1 saturated heterocycles. The Labute approximate surface area is 136 Å². The molecular formula is C19H20N2O2. The van der Waals surface area contributed by atoms with Gasteiger partial charge in [0.25, 0.3) is 0 Å². The van der Waals surface area contributed by atoms with Crippen molar-refractivity contribution in [1.29, 1.82) is 0 Å². The minimum absolute atomic E-state index is 0.0233. The molecule has 2 aromatic rings. The molecule has 0 aromatic heterocycles. The Morgan fingerprint density at radius 2 is 1.48 bits per heavy atom. The number of hydrogen-bond donors (Lipinski definition) is 1. The van der Waals surface area contributed by atoms with E-state index in [1.54, 1.807) is 11.8 Å². The first-order valence-corrected chi connectivity index (χ1v) is 7.84. The summed E-state index contributed by atoms with van der Waals surface area (Å²) in [5.74, 6) is -0.119. The number of rotatable bonds is 4. The lowest BCUT2D eigenvalue weighted by Gasteiger charge is -2.37. The zero-order valence-corrected chi connectivity index (χ0v) is 13.1. The monoisotopic (exact) mass is 308 g/mol. The molecule has 4 nitrogen and oxygen atoms in total. The van der Waals surface area contributed by atoms with E-state index in [1.165, 1.54) is 0 Å². The topological polar surface area (TPSA) is 49.4 Å². The zero-order valence-electron chi connectivity index (χ0n) is 13.1. The summed E-state index contributed by atoms with van der Waals surface area (Å²) < 4.78 is 0. The second kappa shape index (κ2) is 6.65. The lowest BCUT2D eigenvalue weighted by atomic mass is 10.00. The number of carbonyl (C=O) groups is 2. The molecule has 4 heteroatoms. The summed E-state index contributed by atoms with van der Waals surface area (Å²) in [5.41, 5.74) is 2.07. The SMILES string of the molecule is C[C@@H]1C(=O)N[C@H](Cc2ccccc2)C(=O)N1Cc1ccccc1. The van der Waals surface area contributed by atoms with Crippen LogP contribution in [0.4, 0.5) is 0 Å². The highest BCUT2D eigenvalue weighted by atomic mass is 16.2. The van der Waals surface area contributed by atoms with Crippen molar-refractivity contribution >= 4 is 11.8 Å². The van der Waals surface area contributed by atoms with Gasteiger partial charge < -0.3 is 10.2 Å². The smallest absolute Gasteiger partial charge is 0.246 e. The van der Waals surface area contributed by atoms with Crippen molar-refractivity contribution < 1.29 is 9.59 Å². The van der Waals surface area contributed by atoms with Crippen LogP contribution in [0, 0.1) is 0 Å². The number of amides is 2. The summed E-state index contributed by atoms with van der Waals surface area (Å²) >= 11 is 0. The standard InChI is InChI=1S/C19H20N2O2/c1-14-18(22)20-17(12-15-8-4-2-5-9-15)19(23)21(14)13-16-10-6-3-7-11-16/h2-11,14,17H,12-13H2,1H3,(H,20,22)/t14-,17-/m1/s1. The van der Waals surface area contributed by atoms with Crippen molar-refractivity contribution in [2.24, 2.45) is 0 Å². The van der Waals surface area contributed by atoms with Crippen LogP contribution >= 0.6 is 0 Å². The predicted octanol–water partition coefficient (Wildman–Crippen LogP) is 2.14. The Bertz CT molecular complexity index is 685. The molecule has 2 atom stereocenters. The summed E-state index contributed by atoms with van der Waals surface area (Å²) in [6, 6.07) is 18.6. The molecule has 2 aromatic carbocycles. The molecular weight excluding hydrogens is 288 g/mol. The summed E-state index contributed by atoms with van der Waals surface area (Å²) in [6.07, 6.45) is 0.517. The summed E-state index contributed by atoms with van der Waals surface area (Å²) in [7, 11) is 0. The Hall–Kier alpha value is -2.62. The second-order valence-electron chi connectivity index (χ2n) is 5.88. The maximum atomic E-state index is 12.8. The number of benzene rings is 2. The molecule has 23 heavy (non-hydrogen) atoms. The van der Waals surface area contributed by atoms with Gasteiger partial charge in [0, 0.05) is 13.0 Å². The van der Waals surface area contributed by atoms with Crippen LogP contribution in [0.3, 0.4) is 0 Å². The van der Waals surface area contributed by atoms with Crippen molar-refractivity contribution in [3.05, 3.63) is 71.8 Å². The molecule has 1 aliphatic heterocycles. The van der Waals surface area contributed by atoms with Gasteiger partial charge in [0.05, 0.1) is 0 Å². The number of nitrogens with zero attached hydrogens (tertiary/aromatic N) is 1. The third-order valence-corrected chi connectivity index (χ3v) is 4.22. The number of hydrogen-bond acceptors (Lipinski definition) is 2. The van der Waals surface area contributed by atoms with Gasteiger partial charge in [0.15, 0.2) is 0 Å². The fraction of sp³-hybridized carbons (Fsp3) is 0.263. The molecule has 0 unspecified atom stereocenters. The van der Waals surface area contributed by atoms with Crippen LogP contribution in [0.25, 0.3) is 0 Å². The number of nitrogens with one attached hydrogen (secondary N) is 1. The molecule has 1 fully saturated rings. The van der Waals surface area contributed by atoms with Crippen LogP contribution < -0.4 is 5.32 Å². The van der Waals surface area contributed by atoms with Gasteiger partial charge in [-0.15, -0.1) is 0 Å². The highest BCUT2D eigenvalue weighted by molar-refractivity contribution is 5.96. The molecule has 1 heterocycles. The Morgan fingerprint density at radius 1 is 0.913 bits per heavy atom. The number of carbonyl (C=O) groups excluding carboxylic acids is 2. The number of piperazine rings is 1. The van der Waals surface area contributed by atoms with E-state index in [2.05, 4.69) is 5.32 Å². The van der Waals surface area contributed by atoms with E-state index in [1.807, 2.05) is 60.7 Å². The van der Waals surface area contributed by atoms with E-state index in [-0.39, 0.29) is 11.8 Å². The molecule has 0 spiro atoms. The van der Waals surface area contributed by atoms with Gasteiger partial charge in [-0.2, -0.15) is 0 Å². The summed E-state index contributed by atoms with van der Waals surface area (Å²) in [5, 5.41) is 2.85. The van der Waals surface area contributed by atoms with E-state index < -0.39 is 12.1 Å². The quantitative estimate of drug-likeness (QED) is 0.941. The third-order valence-electron chi connectivity index (χ3n) is 4.22. The summed E-state index contributed by atoms with van der Waals surface area (Å²) in [6.45, 7) is 2.23. The van der Waals surface area contributed by atoms with E-state index in [9.17, 15) is 9.59 Å². The maximum absolute atomic E-state index is 12.8. The van der Waals surface area contributed by atoms with Crippen molar-refractivity contribution in [2.45, 2.75) is 32.0 Å². The minimum Gasteiger partial charge on any atom is -0.342 e. The molecule has 0 aliphatic carbocycles. The third kappa shape index (κ3) is 3.42. The van der Waals surface area contributed by atoms with Crippen LogP contribution in [0.5, 0.6) is 0 Å². The van der Waals surface area contributed by atoms with Gasteiger partial charge in [-0.1, -0.05) is 60.7 Å². The fourth-order valence-corrected chi connectivity index (χ4v) is 2.87. The van der Waals surface area contributed by atoms with Crippen LogP contribution in [0.2, 0.25) is 0 Å². The Kier molecular flexibility index (Phi) is 4.42. The largest absolute Gasteiger partial charge is 0.342 e. The molecule has 1 N–H and O–H groups in total. The lowest BCUT2D eigenvalue weighted by molar-refractivity contribution is -0.149. The highest BCUT2D eigenvalue weighted by Gasteiger charge is 2.37. The van der Waals surface area contributed by atoms with E-state index >= 15 is 0 Å². The normalized spacial score (nSPS) is 21.2. The fourth-order valence-electron chi connectivity index (χ4n) is 2.87. The van der Waals surface area contributed by atoms with Crippen molar-refractivity contribution in [2.75, 3.05) is 0 Å². The average Bonchev–Trinajstić information content (AvgIpc) is 2.58. The Morgan fingerprint density at radius 3 is 2.09 bits per heavy atom. The first kappa shape index (κ1) is 15.3. The van der Waals surface area contributed by atoms with Gasteiger partial charge in [0.1, 0.15) is 12.1 Å². The Balaban J connectivity index is 1.78. The molecule has 2 amide bonds. The predicted molar refractivity (Wildman–Crippen MR) is 88.5 cm³/mol. The molecule has 0 saturated carbocycles. The van der Waals surface area contributed by atoms with Crippen molar-refractivity contribution in [1.82, 2.24) is 10.2 Å².